The van der Waals surface area contributed by atoms with Crippen molar-refractivity contribution < 1.29 is 13.2 Å². The van der Waals surface area contributed by atoms with E-state index in [1.807, 2.05) is 68.6 Å². The van der Waals surface area contributed by atoms with Crippen LogP contribution in [0.2, 0.25) is 0 Å². The Labute approximate surface area is 198 Å². The van der Waals surface area contributed by atoms with Crippen molar-refractivity contribution in [3.63, 3.8) is 0 Å². The third kappa shape index (κ3) is 5.17. The molecule has 0 amide bonds. The van der Waals surface area contributed by atoms with Crippen LogP contribution in [0, 0.1) is 6.92 Å². The number of aryl methyl sites for hydroxylation is 1. The molecule has 0 unspecified atom stereocenters. The van der Waals surface area contributed by atoms with Crippen molar-refractivity contribution in [1.29, 1.82) is 0 Å². The lowest BCUT2D eigenvalue weighted by molar-refractivity contribution is 0.466. The molecule has 33 heavy (non-hydrogen) atoms. The highest BCUT2D eigenvalue weighted by molar-refractivity contribution is 7.98. The van der Waals surface area contributed by atoms with Gasteiger partial charge >= 0.3 is 0 Å². The average molecular weight is 480 g/mol. The lowest BCUT2D eigenvalue weighted by Crippen LogP contribution is -2.09. The summed E-state index contributed by atoms with van der Waals surface area (Å²) in [6, 6.07) is 15.2. The van der Waals surface area contributed by atoms with E-state index in [-0.39, 0.29) is 11.5 Å². The molecule has 0 bridgehead atoms. The fourth-order valence-electron chi connectivity index (χ4n) is 3.74. The topological polar surface area (TPSA) is 82.0 Å². The zero-order valence-corrected chi connectivity index (χ0v) is 20.4. The molecule has 4 aromatic rings. The zero-order valence-electron chi connectivity index (χ0n) is 18.8. The molecule has 0 N–H and O–H groups in total. The van der Waals surface area contributed by atoms with Gasteiger partial charge in [0.25, 0.3) is 0 Å². The van der Waals surface area contributed by atoms with E-state index >= 15 is 0 Å². The van der Waals surface area contributed by atoms with Gasteiger partial charge < -0.3 is 4.74 Å². The number of benzene rings is 2. The molecule has 170 valence electrons. The van der Waals surface area contributed by atoms with Crippen LogP contribution in [0.1, 0.15) is 24.5 Å². The molecule has 2 heterocycles. The Hall–Kier alpha value is -2.97. The third-order valence-electron chi connectivity index (χ3n) is 5.25. The highest BCUT2D eigenvalue weighted by Crippen LogP contribution is 2.37. The fourth-order valence-corrected chi connectivity index (χ4v) is 5.59. The smallest absolute Gasteiger partial charge is 0.228 e. The van der Waals surface area contributed by atoms with Gasteiger partial charge in [-0.15, -0.1) is 0 Å². The molecule has 0 fully saturated rings. The molecule has 0 aliphatic rings. The van der Waals surface area contributed by atoms with E-state index in [9.17, 15) is 8.42 Å². The van der Waals surface area contributed by atoms with E-state index in [1.165, 1.54) is 11.8 Å². The second-order valence-electron chi connectivity index (χ2n) is 7.70. The van der Waals surface area contributed by atoms with E-state index in [2.05, 4.69) is 15.0 Å². The molecule has 0 saturated carbocycles. The Bertz CT molecular complexity index is 1410. The van der Waals surface area contributed by atoms with Crippen LogP contribution in [0.3, 0.4) is 0 Å². The Morgan fingerprint density at radius 1 is 0.970 bits per heavy atom. The van der Waals surface area contributed by atoms with Crippen molar-refractivity contribution in [2.75, 3.05) is 12.0 Å². The maximum Gasteiger partial charge on any atom is 0.228 e. The van der Waals surface area contributed by atoms with Crippen LogP contribution in [0.25, 0.3) is 22.0 Å². The Morgan fingerprint density at radius 2 is 1.82 bits per heavy atom. The number of rotatable bonds is 8. The summed E-state index contributed by atoms with van der Waals surface area (Å²) in [7, 11) is -3.18. The van der Waals surface area contributed by atoms with Crippen LogP contribution in [0.15, 0.2) is 66.1 Å². The second kappa shape index (κ2) is 9.89. The van der Waals surface area contributed by atoms with E-state index in [0.29, 0.717) is 23.2 Å². The molecule has 0 atom stereocenters. The first-order valence-corrected chi connectivity index (χ1v) is 13.7. The fraction of sp³-hybridized carbons (Fsp3) is 0.240. The van der Waals surface area contributed by atoms with E-state index in [4.69, 9.17) is 4.74 Å². The Balaban J connectivity index is 1.79. The maximum absolute atomic E-state index is 12.5. The van der Waals surface area contributed by atoms with Gasteiger partial charge in [0.15, 0.2) is 15.0 Å². The third-order valence-corrected chi connectivity index (χ3v) is 7.59. The summed E-state index contributed by atoms with van der Waals surface area (Å²) >= 11 is 1.47. The van der Waals surface area contributed by atoms with Gasteiger partial charge in [-0.1, -0.05) is 49.0 Å². The highest BCUT2D eigenvalue weighted by atomic mass is 32.2. The number of pyridine rings is 1. The Morgan fingerprint density at radius 3 is 2.61 bits per heavy atom. The minimum absolute atomic E-state index is 0.00785. The monoisotopic (exact) mass is 479 g/mol. The molecule has 0 aliphatic carbocycles. The lowest BCUT2D eigenvalue weighted by Gasteiger charge is -2.15. The number of sulfone groups is 1. The number of ether oxygens (including phenoxy) is 1. The van der Waals surface area contributed by atoms with E-state index in [1.54, 1.807) is 12.4 Å². The van der Waals surface area contributed by atoms with Crippen molar-refractivity contribution in [1.82, 2.24) is 15.0 Å². The summed E-state index contributed by atoms with van der Waals surface area (Å²) in [5.74, 6) is 1.27. The number of nitrogens with zero attached hydrogens (tertiary/aromatic N) is 3. The number of fused-ring (bicyclic) bond motifs is 1. The number of aromatic nitrogens is 3. The van der Waals surface area contributed by atoms with Crippen LogP contribution < -0.4 is 4.74 Å². The lowest BCUT2D eigenvalue weighted by atomic mass is 10.0. The van der Waals surface area contributed by atoms with Gasteiger partial charge in [0.2, 0.25) is 5.88 Å². The normalized spacial score (nSPS) is 11.6. The van der Waals surface area contributed by atoms with Crippen LogP contribution in [0.5, 0.6) is 11.6 Å². The molecular formula is C25H25N3O3S2. The second-order valence-corrected chi connectivity index (χ2v) is 10.7. The van der Waals surface area contributed by atoms with Crippen molar-refractivity contribution in [2.45, 2.75) is 31.2 Å². The molecule has 4 rings (SSSR count). The van der Waals surface area contributed by atoms with Crippen molar-refractivity contribution in [3.05, 3.63) is 72.1 Å². The van der Waals surface area contributed by atoms with Crippen molar-refractivity contribution in [3.8, 4) is 22.9 Å². The summed E-state index contributed by atoms with van der Waals surface area (Å²) in [5, 5.41) is 2.38. The molecule has 0 saturated heterocycles. The highest BCUT2D eigenvalue weighted by Gasteiger charge is 2.17. The first-order valence-electron chi connectivity index (χ1n) is 10.6. The largest absolute Gasteiger partial charge is 0.437 e. The van der Waals surface area contributed by atoms with Gasteiger partial charge in [-0.2, -0.15) is 0 Å². The summed E-state index contributed by atoms with van der Waals surface area (Å²) < 4.78 is 31.4. The van der Waals surface area contributed by atoms with Gasteiger partial charge in [-0.05, 0) is 54.3 Å². The molecular weight excluding hydrogens is 454 g/mol. The molecule has 0 spiro atoms. The minimum atomic E-state index is -3.18. The molecule has 2 aromatic carbocycles. The van der Waals surface area contributed by atoms with Crippen LogP contribution in [-0.4, -0.2) is 35.4 Å². The SMILES string of the molecule is CCCS(=O)(=O)Cc1cccc2c(Oc3ncccc3-c3ccnc(SC)n3)c(C)ccc12. The number of hydrogen-bond donors (Lipinski definition) is 0. The van der Waals surface area contributed by atoms with Crippen LogP contribution >= 0.6 is 11.8 Å². The van der Waals surface area contributed by atoms with E-state index in [0.717, 1.165) is 33.2 Å². The predicted molar refractivity (Wildman–Crippen MR) is 134 cm³/mol. The van der Waals surface area contributed by atoms with Crippen molar-refractivity contribution >= 4 is 32.4 Å². The molecule has 6 nitrogen and oxygen atoms in total. The summed E-state index contributed by atoms with van der Waals surface area (Å²) in [4.78, 5) is 13.3. The van der Waals surface area contributed by atoms with Gasteiger partial charge in [0.05, 0.1) is 22.8 Å². The molecule has 0 aliphatic heterocycles. The summed E-state index contributed by atoms with van der Waals surface area (Å²) in [6.45, 7) is 3.84. The first-order chi connectivity index (χ1) is 15.9. The van der Waals surface area contributed by atoms with Gasteiger partial charge in [-0.3, -0.25) is 0 Å². The number of thioether (sulfide) groups is 1. The summed E-state index contributed by atoms with van der Waals surface area (Å²) in [6.07, 6.45) is 5.93. The minimum Gasteiger partial charge on any atom is -0.437 e. The van der Waals surface area contributed by atoms with E-state index < -0.39 is 9.84 Å². The quantitative estimate of drug-likeness (QED) is 0.232. The summed E-state index contributed by atoms with van der Waals surface area (Å²) in [5.41, 5.74) is 3.18. The van der Waals surface area contributed by atoms with Crippen molar-refractivity contribution in [2.24, 2.45) is 0 Å². The van der Waals surface area contributed by atoms with Crippen LogP contribution in [-0.2, 0) is 15.6 Å². The average Bonchev–Trinajstić information content (AvgIpc) is 2.81. The molecule has 8 heteroatoms. The first kappa shape index (κ1) is 23.2. The Kier molecular flexibility index (Phi) is 6.95. The van der Waals surface area contributed by atoms with Crippen LogP contribution in [0.4, 0.5) is 0 Å². The maximum atomic E-state index is 12.5. The predicted octanol–water partition coefficient (Wildman–Crippen LogP) is 5.84. The molecule has 2 aromatic heterocycles. The van der Waals surface area contributed by atoms with Gasteiger partial charge in [0.1, 0.15) is 5.75 Å². The zero-order chi connectivity index (χ0) is 23.4. The standard InChI is InChI=1S/C25H25N3O3S2/c1-4-15-33(29,30)16-18-7-5-8-20-19(18)11-10-17(2)23(20)31-24-21(9-6-13-26-24)22-12-14-27-25(28-22)32-3/h5-14H,4,15-16H2,1-3H3. The van der Waals surface area contributed by atoms with Gasteiger partial charge in [0, 0.05) is 17.8 Å². The molecule has 0 radical (unpaired) electrons. The number of hydrogen-bond acceptors (Lipinski definition) is 7. The van der Waals surface area contributed by atoms with Gasteiger partial charge in [-0.25, -0.2) is 23.4 Å².